The summed E-state index contributed by atoms with van der Waals surface area (Å²) in [5, 5.41) is 3.77. The van der Waals surface area contributed by atoms with Crippen molar-refractivity contribution in [2.45, 2.75) is 46.3 Å². The molecule has 0 bridgehead atoms. The maximum Gasteiger partial charge on any atom is 0.336 e. The maximum absolute atomic E-state index is 12.3. The Labute approximate surface area is 163 Å². The highest BCUT2D eigenvalue weighted by Gasteiger charge is 2.17. The van der Waals surface area contributed by atoms with E-state index in [1.165, 1.54) is 6.07 Å². The number of imidazole rings is 1. The van der Waals surface area contributed by atoms with Crippen LogP contribution in [-0.2, 0) is 17.8 Å². The third kappa shape index (κ3) is 4.42. The number of hydrogen-bond donors (Lipinski definition) is 1. The Balaban J connectivity index is 1.63. The van der Waals surface area contributed by atoms with Crippen LogP contribution in [-0.4, -0.2) is 28.1 Å². The number of carbonyl (C=O) groups excluding carboxylic acids is 1. The molecule has 2 heterocycles. The summed E-state index contributed by atoms with van der Waals surface area (Å²) in [7, 11) is 0. The van der Waals surface area contributed by atoms with E-state index >= 15 is 0 Å². The summed E-state index contributed by atoms with van der Waals surface area (Å²) in [5.41, 5.74) is 1.78. The Bertz CT molecular complexity index is 1010. The SMILES string of the molecule is CCc1cc(=O)oc2c(C)c(O[C@H](C)C(=O)NCCCn3ccnc3)ccc12. The first-order valence-electron chi connectivity index (χ1n) is 9.46. The van der Waals surface area contributed by atoms with Gasteiger partial charge in [0.05, 0.1) is 6.33 Å². The first kappa shape index (κ1) is 19.7. The van der Waals surface area contributed by atoms with Gasteiger partial charge in [0.1, 0.15) is 11.3 Å². The van der Waals surface area contributed by atoms with Crippen molar-refractivity contribution in [3.05, 3.63) is 58.5 Å². The van der Waals surface area contributed by atoms with Crippen LogP contribution in [0.2, 0.25) is 0 Å². The van der Waals surface area contributed by atoms with Crippen molar-refractivity contribution in [1.82, 2.24) is 14.9 Å². The summed E-state index contributed by atoms with van der Waals surface area (Å²) >= 11 is 0. The molecule has 0 aliphatic rings. The second kappa shape index (κ2) is 8.73. The molecule has 0 saturated heterocycles. The van der Waals surface area contributed by atoms with Gasteiger partial charge >= 0.3 is 5.63 Å². The van der Waals surface area contributed by atoms with Crippen LogP contribution in [0.25, 0.3) is 11.0 Å². The van der Waals surface area contributed by atoms with E-state index < -0.39 is 6.10 Å². The standard InChI is InChI=1S/C21H25N3O4/c1-4-16-12-19(25)28-20-14(2)18(7-6-17(16)20)27-15(3)21(26)23-8-5-10-24-11-9-22-13-24/h6-7,9,11-13,15H,4-5,8,10H2,1-3H3,(H,23,26)/t15-/m1/s1. The number of aromatic nitrogens is 2. The largest absolute Gasteiger partial charge is 0.480 e. The normalized spacial score (nSPS) is 12.1. The Hall–Kier alpha value is -3.09. The molecule has 1 amide bonds. The summed E-state index contributed by atoms with van der Waals surface area (Å²) in [6.07, 6.45) is 6.24. The Kier molecular flexibility index (Phi) is 6.13. The number of nitrogens with zero attached hydrogens (tertiary/aromatic N) is 2. The molecule has 7 heteroatoms. The molecule has 2 aromatic heterocycles. The van der Waals surface area contributed by atoms with Gasteiger partial charge in [-0.15, -0.1) is 0 Å². The molecule has 0 unspecified atom stereocenters. The molecule has 0 spiro atoms. The molecule has 7 nitrogen and oxygen atoms in total. The second-order valence-corrected chi connectivity index (χ2v) is 6.71. The highest BCUT2D eigenvalue weighted by atomic mass is 16.5. The minimum absolute atomic E-state index is 0.186. The van der Waals surface area contributed by atoms with Gasteiger partial charge < -0.3 is 19.0 Å². The van der Waals surface area contributed by atoms with Gasteiger partial charge in [-0.1, -0.05) is 6.92 Å². The topological polar surface area (TPSA) is 86.4 Å². The van der Waals surface area contributed by atoms with E-state index in [4.69, 9.17) is 9.15 Å². The predicted molar refractivity (Wildman–Crippen MR) is 107 cm³/mol. The lowest BCUT2D eigenvalue weighted by atomic mass is 10.0. The molecule has 0 saturated carbocycles. The quantitative estimate of drug-likeness (QED) is 0.477. The molecular formula is C21H25N3O4. The Morgan fingerprint density at radius 3 is 2.93 bits per heavy atom. The third-order valence-electron chi connectivity index (χ3n) is 4.70. The molecular weight excluding hydrogens is 358 g/mol. The lowest BCUT2D eigenvalue weighted by Crippen LogP contribution is -2.37. The van der Waals surface area contributed by atoms with Crippen molar-refractivity contribution in [2.24, 2.45) is 0 Å². The number of ether oxygens (including phenoxy) is 1. The zero-order valence-corrected chi connectivity index (χ0v) is 16.4. The van der Waals surface area contributed by atoms with E-state index in [1.54, 1.807) is 19.4 Å². The van der Waals surface area contributed by atoms with Gasteiger partial charge in [0.15, 0.2) is 6.10 Å². The fraction of sp³-hybridized carbons (Fsp3) is 0.381. The molecule has 148 valence electrons. The third-order valence-corrected chi connectivity index (χ3v) is 4.70. The molecule has 28 heavy (non-hydrogen) atoms. The minimum Gasteiger partial charge on any atom is -0.480 e. The first-order valence-corrected chi connectivity index (χ1v) is 9.46. The molecule has 1 N–H and O–H groups in total. The number of fused-ring (bicyclic) bond motifs is 1. The van der Waals surface area contributed by atoms with E-state index in [0.717, 1.165) is 30.3 Å². The van der Waals surface area contributed by atoms with Crippen LogP contribution in [0.1, 0.15) is 31.4 Å². The van der Waals surface area contributed by atoms with Crippen LogP contribution in [0.5, 0.6) is 5.75 Å². The number of hydrogen-bond acceptors (Lipinski definition) is 5. The Morgan fingerprint density at radius 2 is 2.21 bits per heavy atom. The molecule has 1 atom stereocenters. The summed E-state index contributed by atoms with van der Waals surface area (Å²) in [4.78, 5) is 28.1. The van der Waals surface area contributed by atoms with Gasteiger partial charge in [0.25, 0.3) is 5.91 Å². The number of amides is 1. The lowest BCUT2D eigenvalue weighted by Gasteiger charge is -2.17. The fourth-order valence-electron chi connectivity index (χ4n) is 3.11. The van der Waals surface area contributed by atoms with Crippen molar-refractivity contribution in [1.29, 1.82) is 0 Å². The van der Waals surface area contributed by atoms with Crippen molar-refractivity contribution in [2.75, 3.05) is 6.54 Å². The van der Waals surface area contributed by atoms with Gasteiger partial charge in [-0.2, -0.15) is 0 Å². The number of rotatable bonds is 8. The van der Waals surface area contributed by atoms with Crippen molar-refractivity contribution < 1.29 is 13.9 Å². The maximum atomic E-state index is 12.3. The molecule has 0 fully saturated rings. The smallest absolute Gasteiger partial charge is 0.336 e. The van der Waals surface area contributed by atoms with Crippen molar-refractivity contribution in [3.8, 4) is 5.75 Å². The van der Waals surface area contributed by atoms with E-state index in [-0.39, 0.29) is 11.5 Å². The number of aryl methyl sites for hydroxylation is 3. The van der Waals surface area contributed by atoms with Gasteiger partial charge in [0.2, 0.25) is 0 Å². The summed E-state index contributed by atoms with van der Waals surface area (Å²) in [6, 6.07) is 5.21. The van der Waals surface area contributed by atoms with Crippen molar-refractivity contribution in [3.63, 3.8) is 0 Å². The average Bonchev–Trinajstić information content (AvgIpc) is 3.20. The first-order chi connectivity index (χ1) is 13.5. The minimum atomic E-state index is -0.662. The second-order valence-electron chi connectivity index (χ2n) is 6.71. The summed E-state index contributed by atoms with van der Waals surface area (Å²) in [6.45, 7) is 6.87. The van der Waals surface area contributed by atoms with Gasteiger partial charge in [-0.05, 0) is 44.4 Å². The van der Waals surface area contributed by atoms with E-state index in [9.17, 15) is 9.59 Å². The highest BCUT2D eigenvalue weighted by molar-refractivity contribution is 5.85. The molecule has 3 aromatic rings. The number of benzene rings is 1. The van der Waals surface area contributed by atoms with E-state index in [2.05, 4.69) is 10.3 Å². The van der Waals surface area contributed by atoms with Gasteiger partial charge in [-0.25, -0.2) is 9.78 Å². The monoisotopic (exact) mass is 383 g/mol. The number of nitrogens with one attached hydrogen (secondary N) is 1. The van der Waals surface area contributed by atoms with Crippen LogP contribution >= 0.6 is 0 Å². The van der Waals surface area contributed by atoms with Gasteiger partial charge in [-0.3, -0.25) is 4.79 Å². The molecule has 3 rings (SSSR count). The van der Waals surface area contributed by atoms with E-state index in [1.807, 2.05) is 36.7 Å². The van der Waals surface area contributed by atoms with Crippen LogP contribution in [0.15, 0.2) is 46.1 Å². The van der Waals surface area contributed by atoms with Crippen LogP contribution in [0.4, 0.5) is 0 Å². The lowest BCUT2D eigenvalue weighted by molar-refractivity contribution is -0.127. The van der Waals surface area contributed by atoms with Crippen molar-refractivity contribution >= 4 is 16.9 Å². The predicted octanol–water partition coefficient (Wildman–Crippen LogP) is 2.83. The van der Waals surface area contributed by atoms with E-state index in [0.29, 0.717) is 23.4 Å². The van der Waals surface area contributed by atoms with Gasteiger partial charge in [0, 0.05) is 42.5 Å². The molecule has 0 radical (unpaired) electrons. The van der Waals surface area contributed by atoms with Crippen LogP contribution in [0, 0.1) is 6.92 Å². The average molecular weight is 383 g/mol. The summed E-state index contributed by atoms with van der Waals surface area (Å²) in [5.74, 6) is 0.346. The molecule has 1 aromatic carbocycles. The number of carbonyl (C=O) groups is 1. The highest BCUT2D eigenvalue weighted by Crippen LogP contribution is 2.29. The Morgan fingerprint density at radius 1 is 1.39 bits per heavy atom. The van der Waals surface area contributed by atoms with Crippen LogP contribution < -0.4 is 15.7 Å². The zero-order valence-electron chi connectivity index (χ0n) is 16.4. The molecule has 0 aliphatic heterocycles. The zero-order chi connectivity index (χ0) is 20.1. The molecule has 0 aliphatic carbocycles. The fourth-order valence-corrected chi connectivity index (χ4v) is 3.11. The van der Waals surface area contributed by atoms with Crippen LogP contribution in [0.3, 0.4) is 0 Å². The summed E-state index contributed by atoms with van der Waals surface area (Å²) < 4.78 is 13.2.